The number of aromatic nitrogens is 2. The van der Waals surface area contributed by atoms with Gasteiger partial charge in [-0.1, -0.05) is 24.3 Å². The molecule has 3 rings (SSSR count). The molecule has 0 spiro atoms. The van der Waals surface area contributed by atoms with Crippen LogP contribution in [0.15, 0.2) is 42.7 Å². The van der Waals surface area contributed by atoms with Crippen LogP contribution in [-0.2, 0) is 6.42 Å². The summed E-state index contributed by atoms with van der Waals surface area (Å²) >= 11 is 1.32. The summed E-state index contributed by atoms with van der Waals surface area (Å²) < 4.78 is 15.5. The van der Waals surface area contributed by atoms with Crippen molar-refractivity contribution in [3.8, 4) is 5.13 Å². The van der Waals surface area contributed by atoms with E-state index in [0.29, 0.717) is 22.5 Å². The summed E-state index contributed by atoms with van der Waals surface area (Å²) in [6, 6.07) is 8.47. The molecule has 23 heavy (non-hydrogen) atoms. The van der Waals surface area contributed by atoms with Crippen molar-refractivity contribution in [2.24, 2.45) is 0 Å². The number of anilines is 1. The van der Waals surface area contributed by atoms with Gasteiger partial charge in [0.15, 0.2) is 5.13 Å². The number of nitrogens with one attached hydrogen (secondary N) is 1. The number of hydrogen-bond donors (Lipinski definition) is 1. The maximum atomic E-state index is 13.6. The van der Waals surface area contributed by atoms with Gasteiger partial charge in [-0.3, -0.25) is 4.79 Å². The first-order chi connectivity index (χ1) is 11.1. The molecule has 1 amide bonds. The second-order valence-electron chi connectivity index (χ2n) is 5.13. The molecule has 2 heterocycles. The zero-order valence-electron chi connectivity index (χ0n) is 12.8. The minimum absolute atomic E-state index is 0.263. The van der Waals surface area contributed by atoms with E-state index in [2.05, 4.69) is 10.3 Å². The van der Waals surface area contributed by atoms with Crippen LogP contribution in [0.3, 0.4) is 0 Å². The van der Waals surface area contributed by atoms with Crippen LogP contribution < -0.4 is 5.32 Å². The molecule has 1 N–H and O–H groups in total. The van der Waals surface area contributed by atoms with Gasteiger partial charge < -0.3 is 9.88 Å². The number of aryl methyl sites for hydroxylation is 2. The second-order valence-corrected chi connectivity index (χ2v) is 6.11. The maximum Gasteiger partial charge on any atom is 0.267 e. The SMILES string of the molecule is CCc1nc(-n2cccc2)sc1C(=O)Nc1ccc(C)c(F)c1. The predicted octanol–water partition coefficient (Wildman–Crippen LogP) is 4.20. The number of rotatable bonds is 4. The third-order valence-electron chi connectivity index (χ3n) is 3.48. The van der Waals surface area contributed by atoms with Gasteiger partial charge in [0, 0.05) is 18.1 Å². The smallest absolute Gasteiger partial charge is 0.267 e. The van der Waals surface area contributed by atoms with E-state index in [1.54, 1.807) is 19.1 Å². The Morgan fingerprint density at radius 2 is 2.09 bits per heavy atom. The molecule has 0 fully saturated rings. The highest BCUT2D eigenvalue weighted by Gasteiger charge is 2.18. The largest absolute Gasteiger partial charge is 0.321 e. The Labute approximate surface area is 137 Å². The first-order valence-electron chi connectivity index (χ1n) is 7.29. The van der Waals surface area contributed by atoms with Crippen LogP contribution in [0.5, 0.6) is 0 Å². The molecule has 3 aromatic rings. The van der Waals surface area contributed by atoms with E-state index in [9.17, 15) is 9.18 Å². The molecule has 4 nitrogen and oxygen atoms in total. The molecule has 2 aromatic heterocycles. The number of hydrogen-bond acceptors (Lipinski definition) is 3. The number of carbonyl (C=O) groups excluding carboxylic acids is 1. The Kier molecular flexibility index (Phi) is 4.25. The highest BCUT2D eigenvalue weighted by atomic mass is 32.1. The fourth-order valence-corrected chi connectivity index (χ4v) is 3.20. The number of amides is 1. The lowest BCUT2D eigenvalue weighted by Gasteiger charge is -2.05. The zero-order chi connectivity index (χ0) is 16.4. The summed E-state index contributed by atoms with van der Waals surface area (Å²) in [6.45, 7) is 3.64. The first kappa shape index (κ1) is 15.4. The van der Waals surface area contributed by atoms with Gasteiger partial charge in [-0.2, -0.15) is 0 Å². The van der Waals surface area contributed by atoms with Crippen LogP contribution in [0.2, 0.25) is 0 Å². The van der Waals surface area contributed by atoms with E-state index in [-0.39, 0.29) is 11.7 Å². The number of nitrogens with zero attached hydrogens (tertiary/aromatic N) is 2. The lowest BCUT2D eigenvalue weighted by Crippen LogP contribution is -2.12. The molecule has 1 aromatic carbocycles. The summed E-state index contributed by atoms with van der Waals surface area (Å²) in [7, 11) is 0. The van der Waals surface area contributed by atoms with Gasteiger partial charge in [0.25, 0.3) is 5.91 Å². The van der Waals surface area contributed by atoms with Gasteiger partial charge in [-0.25, -0.2) is 9.37 Å². The summed E-state index contributed by atoms with van der Waals surface area (Å²) in [4.78, 5) is 17.6. The normalized spacial score (nSPS) is 10.7. The van der Waals surface area contributed by atoms with Crippen LogP contribution in [0.4, 0.5) is 10.1 Å². The van der Waals surface area contributed by atoms with E-state index in [1.807, 2.05) is 36.0 Å². The molecule has 0 aliphatic carbocycles. The van der Waals surface area contributed by atoms with Gasteiger partial charge in [0.2, 0.25) is 0 Å². The second kappa shape index (κ2) is 6.34. The van der Waals surface area contributed by atoms with Crippen LogP contribution in [0, 0.1) is 12.7 Å². The third kappa shape index (κ3) is 3.17. The van der Waals surface area contributed by atoms with Crippen LogP contribution in [-0.4, -0.2) is 15.5 Å². The Morgan fingerprint density at radius 3 is 2.74 bits per heavy atom. The Bertz CT molecular complexity index is 840. The molecular formula is C17H16FN3OS. The van der Waals surface area contributed by atoms with Gasteiger partial charge in [0.1, 0.15) is 10.7 Å². The molecule has 0 bridgehead atoms. The minimum Gasteiger partial charge on any atom is -0.321 e. The van der Waals surface area contributed by atoms with Crippen molar-refractivity contribution in [1.29, 1.82) is 0 Å². The number of halogens is 1. The topological polar surface area (TPSA) is 46.9 Å². The van der Waals surface area contributed by atoms with Gasteiger partial charge >= 0.3 is 0 Å². The van der Waals surface area contributed by atoms with E-state index in [4.69, 9.17) is 0 Å². The van der Waals surface area contributed by atoms with Gasteiger partial charge in [-0.15, -0.1) is 0 Å². The summed E-state index contributed by atoms with van der Waals surface area (Å²) in [5.74, 6) is -0.600. The molecule has 0 atom stereocenters. The molecule has 118 valence electrons. The van der Waals surface area contributed by atoms with Crippen LogP contribution in [0.1, 0.15) is 27.9 Å². The van der Waals surface area contributed by atoms with Crippen molar-refractivity contribution in [3.63, 3.8) is 0 Å². The predicted molar refractivity (Wildman–Crippen MR) is 89.9 cm³/mol. The van der Waals surface area contributed by atoms with Crippen LogP contribution >= 0.6 is 11.3 Å². The van der Waals surface area contributed by atoms with Gasteiger partial charge in [0.05, 0.1) is 5.69 Å². The van der Waals surface area contributed by atoms with Crippen molar-refractivity contribution in [3.05, 3.63) is 64.7 Å². The van der Waals surface area contributed by atoms with Crippen molar-refractivity contribution in [1.82, 2.24) is 9.55 Å². The summed E-state index contributed by atoms with van der Waals surface area (Å²) in [6.07, 6.45) is 4.42. The van der Waals surface area contributed by atoms with E-state index < -0.39 is 0 Å². The van der Waals surface area contributed by atoms with Crippen LogP contribution in [0.25, 0.3) is 5.13 Å². The van der Waals surface area contributed by atoms with E-state index in [0.717, 1.165) is 10.8 Å². The van der Waals surface area contributed by atoms with E-state index >= 15 is 0 Å². The quantitative estimate of drug-likeness (QED) is 0.780. The van der Waals surface area contributed by atoms with E-state index in [1.165, 1.54) is 17.4 Å². The lowest BCUT2D eigenvalue weighted by atomic mass is 10.2. The monoisotopic (exact) mass is 329 g/mol. The third-order valence-corrected chi connectivity index (χ3v) is 4.59. The summed E-state index contributed by atoms with van der Waals surface area (Å²) in [5.41, 5.74) is 1.73. The van der Waals surface area contributed by atoms with Gasteiger partial charge in [-0.05, 0) is 43.2 Å². The van der Waals surface area contributed by atoms with Crippen molar-refractivity contribution < 1.29 is 9.18 Å². The lowest BCUT2D eigenvalue weighted by molar-refractivity contribution is 0.102. The Morgan fingerprint density at radius 1 is 1.35 bits per heavy atom. The molecule has 0 radical (unpaired) electrons. The maximum absolute atomic E-state index is 13.6. The number of benzene rings is 1. The van der Waals surface area contributed by atoms with Crippen molar-refractivity contribution >= 4 is 22.9 Å². The molecule has 0 saturated heterocycles. The fourth-order valence-electron chi connectivity index (χ4n) is 2.19. The number of thiazole rings is 1. The zero-order valence-corrected chi connectivity index (χ0v) is 13.7. The highest BCUT2D eigenvalue weighted by molar-refractivity contribution is 7.16. The molecule has 0 saturated carbocycles. The molecule has 0 unspecified atom stereocenters. The molecular weight excluding hydrogens is 313 g/mol. The Balaban J connectivity index is 1.88. The fraction of sp³-hybridized carbons (Fsp3) is 0.176. The van der Waals surface area contributed by atoms with Crippen molar-refractivity contribution in [2.45, 2.75) is 20.3 Å². The van der Waals surface area contributed by atoms with Crippen molar-refractivity contribution in [2.75, 3.05) is 5.32 Å². The molecule has 0 aliphatic heterocycles. The highest BCUT2D eigenvalue weighted by Crippen LogP contribution is 2.24. The first-order valence-corrected chi connectivity index (χ1v) is 8.10. The minimum atomic E-state index is -0.337. The molecule has 6 heteroatoms. The Hall–Kier alpha value is -2.47. The average molecular weight is 329 g/mol. The number of carbonyl (C=O) groups is 1. The standard InChI is InChI=1S/C17H16FN3OS/c1-3-14-15(23-17(20-14)21-8-4-5-9-21)16(22)19-12-7-6-11(2)13(18)10-12/h4-10H,3H2,1-2H3,(H,19,22). The average Bonchev–Trinajstić information content (AvgIpc) is 3.19. The summed E-state index contributed by atoms with van der Waals surface area (Å²) in [5, 5.41) is 3.48. The molecule has 0 aliphatic rings.